The van der Waals surface area contributed by atoms with E-state index in [4.69, 9.17) is 23.2 Å². The van der Waals surface area contributed by atoms with E-state index in [1.54, 1.807) is 0 Å². The third kappa shape index (κ3) is 1.13. The van der Waals surface area contributed by atoms with Gasteiger partial charge in [0.1, 0.15) is 0 Å². The fraction of sp³-hybridized carbons (Fsp3) is 0.478. The van der Waals surface area contributed by atoms with E-state index in [9.17, 15) is 0 Å². The quantitative estimate of drug-likeness (QED) is 0.485. The number of hydrogen-bond donors (Lipinski definition) is 0. The summed E-state index contributed by atoms with van der Waals surface area (Å²) in [6.45, 7) is 2.61. The maximum atomic E-state index is 6.52. The van der Waals surface area contributed by atoms with Crippen LogP contribution in [0.2, 0.25) is 10.0 Å². The second kappa shape index (κ2) is 3.82. The molecule has 0 heterocycles. The molecule has 2 spiro atoms. The van der Waals surface area contributed by atoms with Gasteiger partial charge in [-0.2, -0.15) is 0 Å². The molecule has 4 unspecified atom stereocenters. The van der Waals surface area contributed by atoms with Gasteiger partial charge in [-0.1, -0.05) is 42.3 Å². The molecule has 0 aliphatic heterocycles. The molecule has 2 aromatic rings. The molecule has 0 nitrogen and oxygen atoms in total. The van der Waals surface area contributed by atoms with Gasteiger partial charge in [-0.25, -0.2) is 0 Å². The van der Waals surface area contributed by atoms with E-state index in [-0.39, 0.29) is 5.41 Å². The fourth-order valence-corrected chi connectivity index (χ4v) is 9.34. The summed E-state index contributed by atoms with van der Waals surface area (Å²) in [7, 11) is 0. The largest absolute Gasteiger partial charge is 0.0843 e. The predicted molar refractivity (Wildman–Crippen MR) is 102 cm³/mol. The minimum absolute atomic E-state index is 0.140. The summed E-state index contributed by atoms with van der Waals surface area (Å²) < 4.78 is 0. The maximum Gasteiger partial charge on any atom is 0.0409 e. The number of rotatable bonds is 0. The monoisotopic (exact) mass is 366 g/mol. The van der Waals surface area contributed by atoms with Gasteiger partial charge in [-0.05, 0) is 101 Å². The van der Waals surface area contributed by atoms with Crippen molar-refractivity contribution in [3.8, 4) is 11.1 Å². The Hall–Kier alpha value is -0.980. The van der Waals surface area contributed by atoms with Crippen molar-refractivity contribution in [2.24, 2.45) is 28.6 Å². The van der Waals surface area contributed by atoms with E-state index in [0.29, 0.717) is 10.8 Å². The Morgan fingerprint density at radius 2 is 1.40 bits per heavy atom. The standard InChI is InChI=1S/C23H20Cl2/c1-21-10-13-6-12-7-14(11-22(12,13)21)23(21)19-8-15(24)2-4-17(19)18-5-3-16(25)9-20(18)23/h2-5,8-9,12-14H,6-7,10-11H2,1H3/t12?,13?,14?,21-,22?/m1/s1. The summed E-state index contributed by atoms with van der Waals surface area (Å²) in [4.78, 5) is 0. The topological polar surface area (TPSA) is 0 Å². The minimum atomic E-state index is 0.140. The van der Waals surface area contributed by atoms with Crippen LogP contribution in [-0.4, -0.2) is 0 Å². The fourth-order valence-electron chi connectivity index (χ4n) is 9.00. The number of fused-ring (bicyclic) bond motifs is 8. The number of benzene rings is 2. The molecule has 0 saturated heterocycles. The zero-order valence-electron chi connectivity index (χ0n) is 14.3. The average molecular weight is 367 g/mol. The molecule has 126 valence electrons. The third-order valence-corrected chi connectivity index (χ3v) is 9.92. The Bertz CT molecular complexity index is 940. The van der Waals surface area contributed by atoms with E-state index in [1.807, 2.05) is 0 Å². The molecule has 5 aliphatic carbocycles. The lowest BCUT2D eigenvalue weighted by atomic mass is 9.27. The SMILES string of the molecule is C[C@@]12CC3CC4CC(CC431)C21c2cc(Cl)ccc2-c2ccc(Cl)cc21. The van der Waals surface area contributed by atoms with Crippen LogP contribution in [0, 0.1) is 28.6 Å². The van der Waals surface area contributed by atoms with Crippen LogP contribution in [0.4, 0.5) is 0 Å². The maximum absolute atomic E-state index is 6.52. The molecule has 4 saturated carbocycles. The molecule has 0 radical (unpaired) electrons. The van der Waals surface area contributed by atoms with Gasteiger partial charge in [0, 0.05) is 15.5 Å². The Balaban J connectivity index is 1.62. The lowest BCUT2D eigenvalue weighted by Crippen LogP contribution is -2.71. The van der Waals surface area contributed by atoms with Crippen LogP contribution in [0.3, 0.4) is 0 Å². The zero-order chi connectivity index (χ0) is 16.8. The highest BCUT2D eigenvalue weighted by molar-refractivity contribution is 6.31. The smallest absolute Gasteiger partial charge is 0.0409 e. The lowest BCUT2D eigenvalue weighted by molar-refractivity contribution is -0.256. The molecule has 25 heavy (non-hydrogen) atoms. The summed E-state index contributed by atoms with van der Waals surface area (Å²) in [5.41, 5.74) is 6.95. The summed E-state index contributed by atoms with van der Waals surface area (Å²) in [5, 5.41) is 1.75. The van der Waals surface area contributed by atoms with Crippen molar-refractivity contribution < 1.29 is 0 Å². The highest BCUT2D eigenvalue weighted by Crippen LogP contribution is 2.93. The van der Waals surface area contributed by atoms with Gasteiger partial charge in [-0.15, -0.1) is 0 Å². The van der Waals surface area contributed by atoms with Gasteiger partial charge in [0.15, 0.2) is 0 Å². The molecule has 7 rings (SSSR count). The Morgan fingerprint density at radius 1 is 0.800 bits per heavy atom. The van der Waals surface area contributed by atoms with Gasteiger partial charge in [0.25, 0.3) is 0 Å². The number of hydrogen-bond acceptors (Lipinski definition) is 0. The highest BCUT2D eigenvalue weighted by atomic mass is 35.5. The lowest BCUT2D eigenvalue weighted by Gasteiger charge is -2.76. The average Bonchev–Trinajstić information content (AvgIpc) is 3.12. The minimum Gasteiger partial charge on any atom is -0.0843 e. The molecule has 0 N–H and O–H groups in total. The second-order valence-electron chi connectivity index (χ2n) is 9.53. The molecule has 2 heteroatoms. The van der Waals surface area contributed by atoms with Crippen molar-refractivity contribution in [1.82, 2.24) is 0 Å². The van der Waals surface area contributed by atoms with E-state index < -0.39 is 0 Å². The predicted octanol–water partition coefficient (Wildman–Crippen LogP) is 6.72. The zero-order valence-corrected chi connectivity index (χ0v) is 15.8. The molecular weight excluding hydrogens is 347 g/mol. The van der Waals surface area contributed by atoms with Crippen molar-refractivity contribution in [1.29, 1.82) is 0 Å². The molecule has 2 aromatic carbocycles. The summed E-state index contributed by atoms with van der Waals surface area (Å²) in [6.07, 6.45) is 5.71. The summed E-state index contributed by atoms with van der Waals surface area (Å²) >= 11 is 13.0. The Kier molecular flexibility index (Phi) is 2.16. The molecule has 0 amide bonds. The van der Waals surface area contributed by atoms with Crippen molar-refractivity contribution >= 4 is 23.2 Å². The van der Waals surface area contributed by atoms with Gasteiger partial charge >= 0.3 is 0 Å². The van der Waals surface area contributed by atoms with E-state index >= 15 is 0 Å². The highest BCUT2D eigenvalue weighted by Gasteiger charge is 2.87. The van der Waals surface area contributed by atoms with E-state index in [1.165, 1.54) is 47.9 Å². The molecule has 5 aliphatic rings. The van der Waals surface area contributed by atoms with E-state index in [2.05, 4.69) is 43.3 Å². The van der Waals surface area contributed by atoms with E-state index in [0.717, 1.165) is 27.8 Å². The molecule has 5 atom stereocenters. The van der Waals surface area contributed by atoms with Gasteiger partial charge in [-0.3, -0.25) is 0 Å². The van der Waals surface area contributed by atoms with Crippen molar-refractivity contribution in [3.05, 3.63) is 57.6 Å². The summed E-state index contributed by atoms with van der Waals surface area (Å²) in [6, 6.07) is 13.2. The third-order valence-electron chi connectivity index (χ3n) is 9.45. The molecule has 4 fully saturated rings. The van der Waals surface area contributed by atoms with Crippen LogP contribution in [0.15, 0.2) is 36.4 Å². The normalized spacial score (nSPS) is 42.6. The molecule has 0 aromatic heterocycles. The van der Waals surface area contributed by atoms with Crippen LogP contribution >= 0.6 is 23.2 Å². The summed E-state index contributed by atoms with van der Waals surface area (Å²) in [5.74, 6) is 2.72. The molecule has 2 bridgehead atoms. The Morgan fingerprint density at radius 3 is 1.96 bits per heavy atom. The first-order valence-corrected chi connectivity index (χ1v) is 10.4. The first-order valence-electron chi connectivity index (χ1n) is 9.63. The molecular formula is C23H20Cl2. The van der Waals surface area contributed by atoms with Gasteiger partial charge in [0.2, 0.25) is 0 Å². The van der Waals surface area contributed by atoms with Crippen molar-refractivity contribution in [3.63, 3.8) is 0 Å². The van der Waals surface area contributed by atoms with Gasteiger partial charge < -0.3 is 0 Å². The van der Waals surface area contributed by atoms with Crippen LogP contribution in [0.25, 0.3) is 11.1 Å². The second-order valence-corrected chi connectivity index (χ2v) is 10.4. The first kappa shape index (κ1) is 14.1. The van der Waals surface area contributed by atoms with Crippen molar-refractivity contribution in [2.75, 3.05) is 0 Å². The van der Waals surface area contributed by atoms with Gasteiger partial charge in [0.05, 0.1) is 0 Å². The van der Waals surface area contributed by atoms with Crippen LogP contribution < -0.4 is 0 Å². The Labute approximate surface area is 158 Å². The number of halogens is 2. The van der Waals surface area contributed by atoms with Crippen LogP contribution in [0.5, 0.6) is 0 Å². The first-order chi connectivity index (χ1) is 12.0. The van der Waals surface area contributed by atoms with Crippen LogP contribution in [-0.2, 0) is 5.41 Å². The van der Waals surface area contributed by atoms with Crippen molar-refractivity contribution in [2.45, 2.75) is 38.0 Å². The van der Waals surface area contributed by atoms with Crippen LogP contribution in [0.1, 0.15) is 43.7 Å².